The second kappa shape index (κ2) is 13.9. The molecule has 0 radical (unpaired) electrons. The van der Waals surface area contributed by atoms with Gasteiger partial charge < -0.3 is 34.0 Å². The van der Waals surface area contributed by atoms with Crippen molar-refractivity contribution in [2.45, 2.75) is 122 Å². The van der Waals surface area contributed by atoms with Gasteiger partial charge >= 0.3 is 5.97 Å². The van der Waals surface area contributed by atoms with Crippen LogP contribution >= 0.6 is 0 Å². The number of carbonyl (C=O) groups excluding carboxylic acids is 1. The van der Waals surface area contributed by atoms with Crippen LogP contribution < -0.4 is 0 Å². The van der Waals surface area contributed by atoms with Crippen LogP contribution in [0.15, 0.2) is 63.9 Å². The largest absolute Gasteiger partial charge is 0.462 e. The molecule has 1 aliphatic carbocycles. The molecule has 10 atom stereocenters. The summed E-state index contributed by atoms with van der Waals surface area (Å²) in [6, 6.07) is 0. The third kappa shape index (κ3) is 6.99. The third-order valence-corrected chi connectivity index (χ3v) is 10.1. The molecule has 3 fully saturated rings. The first-order valence-electron chi connectivity index (χ1n) is 16.8. The molecule has 5 aliphatic rings. The molecule has 0 aromatic heterocycles. The molecule has 0 amide bonds. The second-order valence-corrected chi connectivity index (χ2v) is 14.5. The van der Waals surface area contributed by atoms with Crippen molar-refractivity contribution in [2.75, 3.05) is 13.7 Å². The number of fused-ring (bicyclic) bond motifs is 2. The van der Waals surface area contributed by atoms with Crippen LogP contribution in [0.2, 0.25) is 0 Å². The molecule has 4 aliphatic heterocycles. The van der Waals surface area contributed by atoms with Crippen molar-refractivity contribution >= 4 is 11.7 Å². The highest BCUT2D eigenvalue weighted by Crippen LogP contribution is 2.47. The topological polar surface area (TPSA) is 116 Å². The third-order valence-electron chi connectivity index (χ3n) is 10.1. The van der Waals surface area contributed by atoms with Gasteiger partial charge in [0.1, 0.15) is 36.9 Å². The van der Waals surface area contributed by atoms with Crippen LogP contribution in [0.25, 0.3) is 0 Å². The first-order valence-corrected chi connectivity index (χ1v) is 16.8. The van der Waals surface area contributed by atoms with E-state index in [0.717, 1.165) is 17.7 Å². The minimum absolute atomic E-state index is 0.0340. The van der Waals surface area contributed by atoms with Crippen molar-refractivity contribution in [1.82, 2.24) is 0 Å². The number of rotatable bonds is 3. The van der Waals surface area contributed by atoms with Crippen LogP contribution in [0.1, 0.15) is 80.6 Å². The average molecular weight is 640 g/mol. The Kier molecular flexibility index (Phi) is 10.5. The Morgan fingerprint density at radius 1 is 1.20 bits per heavy atom. The second-order valence-electron chi connectivity index (χ2n) is 14.5. The molecule has 9 heteroatoms. The number of hydrogen-bond acceptors (Lipinski definition) is 9. The van der Waals surface area contributed by atoms with Gasteiger partial charge in [0.05, 0.1) is 24.5 Å². The molecule has 3 saturated heterocycles. The summed E-state index contributed by atoms with van der Waals surface area (Å²) in [6.07, 6.45) is 11.4. The number of aliphatic hydroxyl groups excluding tert-OH is 1. The maximum absolute atomic E-state index is 14.2. The molecular weight excluding hydrogens is 586 g/mol. The first-order chi connectivity index (χ1) is 21.8. The maximum Gasteiger partial charge on any atom is 0.316 e. The first kappa shape index (κ1) is 34.8. The number of carbonyl (C=O) groups is 1. The van der Waals surface area contributed by atoms with Crippen molar-refractivity contribution in [3.05, 3.63) is 58.7 Å². The number of nitrogens with zero attached hydrogens (tertiary/aromatic N) is 1. The average Bonchev–Trinajstić information content (AvgIpc) is 3.31. The van der Waals surface area contributed by atoms with Gasteiger partial charge in [0.2, 0.25) is 0 Å². The molecule has 2 N–H and O–H groups in total. The van der Waals surface area contributed by atoms with E-state index in [-0.39, 0.29) is 30.7 Å². The van der Waals surface area contributed by atoms with Crippen LogP contribution in [0.4, 0.5) is 0 Å². The van der Waals surface area contributed by atoms with Gasteiger partial charge in [0, 0.05) is 25.2 Å². The lowest BCUT2D eigenvalue weighted by atomic mass is 9.71. The summed E-state index contributed by atoms with van der Waals surface area (Å²) in [6.45, 7) is 14.6. The Labute approximate surface area is 274 Å². The summed E-state index contributed by atoms with van der Waals surface area (Å²) in [5, 5.41) is 27.6. The molecule has 5 rings (SSSR count). The zero-order chi connectivity index (χ0) is 33.4. The molecule has 0 aromatic carbocycles. The van der Waals surface area contributed by atoms with Crippen LogP contribution in [-0.2, 0) is 28.6 Å². The molecule has 46 heavy (non-hydrogen) atoms. The van der Waals surface area contributed by atoms with E-state index in [2.05, 4.69) is 64.9 Å². The smallest absolute Gasteiger partial charge is 0.316 e. The van der Waals surface area contributed by atoms with Crippen LogP contribution in [0, 0.1) is 23.7 Å². The molecular formula is C37H53NO8. The summed E-state index contributed by atoms with van der Waals surface area (Å²) < 4.78 is 26.0. The minimum Gasteiger partial charge on any atom is -0.462 e. The standard InChI is InChI=1S/C37H53NO8/c1-21(2)14-25(6)33-26(7)31(38-42-8)19-36(46-33)18-29-17-28(45-36)13-12-23(4)15-22(3)10-9-11-27-20-43-34-32(39)24(5)16-30(35(40)44-29)37(27,34)41/h9-12,14,16,21-22,26,28-30,32-34,39,41H,13,15,17-20H2,1-8H3/b10-9+,23-12+,25-14+,27-11?,38-31+/t22-,26-,28+,29-,30-,32+,33?,34+,36-,37+/m0/s1. The van der Waals surface area contributed by atoms with Crippen LogP contribution in [0.5, 0.6) is 0 Å². The fraction of sp³-hybridized carbons (Fsp3) is 0.676. The van der Waals surface area contributed by atoms with E-state index in [1.807, 2.05) is 12.2 Å². The Hall–Kier alpha value is -2.56. The highest BCUT2D eigenvalue weighted by Gasteiger charge is 2.60. The van der Waals surface area contributed by atoms with E-state index in [1.54, 1.807) is 20.1 Å². The highest BCUT2D eigenvalue weighted by molar-refractivity contribution is 5.88. The predicted octanol–water partition coefficient (Wildman–Crippen LogP) is 5.73. The summed E-state index contributed by atoms with van der Waals surface area (Å²) in [4.78, 5) is 19.4. The highest BCUT2D eigenvalue weighted by atomic mass is 16.7. The molecule has 9 nitrogen and oxygen atoms in total. The fourth-order valence-corrected chi connectivity index (χ4v) is 7.94. The number of ether oxygens (including phenoxy) is 4. The number of esters is 1. The van der Waals surface area contributed by atoms with E-state index >= 15 is 0 Å². The van der Waals surface area contributed by atoms with E-state index in [4.69, 9.17) is 23.8 Å². The van der Waals surface area contributed by atoms with Crippen LogP contribution in [-0.4, -0.2) is 77.5 Å². The van der Waals surface area contributed by atoms with Crippen molar-refractivity contribution in [2.24, 2.45) is 28.8 Å². The lowest BCUT2D eigenvalue weighted by Gasteiger charge is -2.50. The van der Waals surface area contributed by atoms with Gasteiger partial charge in [0.25, 0.3) is 0 Å². The van der Waals surface area contributed by atoms with Gasteiger partial charge in [-0.25, -0.2) is 0 Å². The summed E-state index contributed by atoms with van der Waals surface area (Å²) in [7, 11) is 1.55. The van der Waals surface area contributed by atoms with E-state index in [1.165, 1.54) is 5.57 Å². The Morgan fingerprint density at radius 2 is 1.96 bits per heavy atom. The molecule has 4 heterocycles. The fourth-order valence-electron chi connectivity index (χ4n) is 7.94. The predicted molar refractivity (Wildman–Crippen MR) is 176 cm³/mol. The van der Waals surface area contributed by atoms with Crippen LogP contribution in [0.3, 0.4) is 0 Å². The lowest BCUT2D eigenvalue weighted by molar-refractivity contribution is -0.313. The van der Waals surface area contributed by atoms with Gasteiger partial charge in [-0.05, 0) is 62.2 Å². The minimum atomic E-state index is -1.74. The summed E-state index contributed by atoms with van der Waals surface area (Å²) in [5.41, 5.74) is 2.54. The van der Waals surface area contributed by atoms with E-state index < -0.39 is 41.6 Å². The van der Waals surface area contributed by atoms with Gasteiger partial charge in [-0.15, -0.1) is 0 Å². The normalized spacial score (nSPS) is 43.4. The zero-order valence-corrected chi connectivity index (χ0v) is 28.7. The van der Waals surface area contributed by atoms with Crippen molar-refractivity contribution in [3.8, 4) is 0 Å². The monoisotopic (exact) mass is 639 g/mol. The maximum atomic E-state index is 14.2. The van der Waals surface area contributed by atoms with Gasteiger partial charge in [0.15, 0.2) is 5.79 Å². The van der Waals surface area contributed by atoms with Gasteiger partial charge in [-0.3, -0.25) is 4.79 Å². The number of oxime groups is 1. The Bertz CT molecular complexity index is 1340. The quantitative estimate of drug-likeness (QED) is 0.229. The molecule has 0 saturated carbocycles. The van der Waals surface area contributed by atoms with Crippen molar-refractivity contribution < 1.29 is 38.8 Å². The molecule has 0 aromatic rings. The van der Waals surface area contributed by atoms with Gasteiger partial charge in [-0.1, -0.05) is 74.9 Å². The van der Waals surface area contributed by atoms with E-state index in [9.17, 15) is 15.0 Å². The molecule has 2 bridgehead atoms. The SMILES string of the molecule is CO/N=C1\C[C@]2(C[C@@H]3C[C@@H](C/C=C(\C)C[C@@H](C)/C=C/C=C4CO[C@@H]5[C@H](O)C(C)=C[C@@H](C(=O)O3)[C@]45O)O2)OC(/C(C)=C/C(C)C)[C@H]1C. The number of allylic oxidation sites excluding steroid dienone is 5. The van der Waals surface area contributed by atoms with Crippen molar-refractivity contribution in [1.29, 1.82) is 0 Å². The number of aliphatic hydroxyl groups is 2. The van der Waals surface area contributed by atoms with Crippen molar-refractivity contribution in [3.63, 3.8) is 0 Å². The molecule has 254 valence electrons. The summed E-state index contributed by atoms with van der Waals surface area (Å²) >= 11 is 0. The van der Waals surface area contributed by atoms with Gasteiger partial charge in [-0.2, -0.15) is 0 Å². The zero-order valence-electron chi connectivity index (χ0n) is 28.7. The molecule has 1 unspecified atom stereocenters. The van der Waals surface area contributed by atoms with E-state index in [0.29, 0.717) is 42.7 Å². The molecule has 1 spiro atoms. The Balaban J connectivity index is 1.55. The lowest BCUT2D eigenvalue weighted by Crippen LogP contribution is -2.59. The Morgan fingerprint density at radius 3 is 2.67 bits per heavy atom. The number of hydrogen-bond donors (Lipinski definition) is 2. The summed E-state index contributed by atoms with van der Waals surface area (Å²) in [5.74, 6) is -2.15.